The Kier molecular flexibility index (Phi) is 5.70. The number of rotatable bonds is 3. The molecule has 0 fully saturated rings. The highest BCUT2D eigenvalue weighted by Gasteiger charge is 2.13. The van der Waals surface area contributed by atoms with E-state index >= 15 is 0 Å². The van der Waals surface area contributed by atoms with Gasteiger partial charge in [0, 0.05) is 0 Å². The molecule has 0 spiro atoms. The van der Waals surface area contributed by atoms with E-state index in [0.717, 1.165) is 10.8 Å². The molecule has 0 bridgehead atoms. The molecule has 0 amide bonds. The first kappa shape index (κ1) is 18.7. The zero-order chi connectivity index (χ0) is 19.3. The summed E-state index contributed by atoms with van der Waals surface area (Å²) in [5.74, 6) is -3.10. The first-order chi connectivity index (χ1) is 12.3. The van der Waals surface area contributed by atoms with Gasteiger partial charge in [0.2, 0.25) is 0 Å². The van der Waals surface area contributed by atoms with Gasteiger partial charge in [0.1, 0.15) is 0 Å². The maximum atomic E-state index is 10.8. The van der Waals surface area contributed by atoms with E-state index in [1.807, 2.05) is 30.3 Å². The van der Waals surface area contributed by atoms with Crippen LogP contribution in [0.15, 0.2) is 60.7 Å². The van der Waals surface area contributed by atoms with Crippen molar-refractivity contribution in [3.63, 3.8) is 0 Å². The Morgan fingerprint density at radius 3 is 1.58 bits per heavy atom. The van der Waals surface area contributed by atoms with Crippen LogP contribution in [0.4, 0.5) is 0 Å². The van der Waals surface area contributed by atoms with Crippen molar-refractivity contribution in [2.45, 2.75) is 6.92 Å². The third-order valence-corrected chi connectivity index (χ3v) is 3.81. The molecule has 0 aliphatic rings. The Morgan fingerprint density at radius 2 is 1.04 bits per heavy atom. The zero-order valence-corrected chi connectivity index (χ0v) is 13.8. The van der Waals surface area contributed by atoms with Crippen molar-refractivity contribution in [1.29, 1.82) is 0 Å². The van der Waals surface area contributed by atoms with Crippen LogP contribution in [0.25, 0.3) is 10.8 Å². The van der Waals surface area contributed by atoms with E-state index in [-0.39, 0.29) is 16.7 Å². The zero-order valence-electron chi connectivity index (χ0n) is 13.8. The Morgan fingerprint density at radius 1 is 0.615 bits per heavy atom. The van der Waals surface area contributed by atoms with Gasteiger partial charge in [-0.25, -0.2) is 14.4 Å². The maximum absolute atomic E-state index is 10.8. The normalized spacial score (nSPS) is 9.88. The van der Waals surface area contributed by atoms with Crippen LogP contribution in [0.1, 0.15) is 36.6 Å². The van der Waals surface area contributed by atoms with Crippen LogP contribution in [-0.2, 0) is 0 Å². The van der Waals surface area contributed by atoms with Gasteiger partial charge < -0.3 is 15.3 Å². The lowest BCUT2D eigenvalue weighted by Gasteiger charge is -2.03. The van der Waals surface area contributed by atoms with Crippen molar-refractivity contribution in [2.75, 3.05) is 0 Å². The second-order valence-corrected chi connectivity index (χ2v) is 5.42. The highest BCUT2D eigenvalue weighted by molar-refractivity contribution is 6.03. The fraction of sp³-hybridized carbons (Fsp3) is 0.0500. The van der Waals surface area contributed by atoms with Gasteiger partial charge in [-0.15, -0.1) is 0 Å². The summed E-state index contributed by atoms with van der Waals surface area (Å²) < 4.78 is 0. The van der Waals surface area contributed by atoms with E-state index < -0.39 is 17.9 Å². The van der Waals surface area contributed by atoms with E-state index in [2.05, 4.69) is 0 Å². The molecule has 0 atom stereocenters. The number of hydrogen-bond acceptors (Lipinski definition) is 3. The Hall–Kier alpha value is -3.67. The number of carbonyl (C=O) groups is 3. The molecule has 3 rings (SSSR count). The van der Waals surface area contributed by atoms with Crippen molar-refractivity contribution < 1.29 is 29.7 Å². The fourth-order valence-electron chi connectivity index (χ4n) is 2.51. The lowest BCUT2D eigenvalue weighted by atomic mass is 10.0. The Bertz CT molecular complexity index is 953. The molecule has 0 aliphatic carbocycles. The van der Waals surface area contributed by atoms with Crippen LogP contribution in [0.3, 0.4) is 0 Å². The molecule has 0 saturated carbocycles. The van der Waals surface area contributed by atoms with Crippen molar-refractivity contribution in [2.24, 2.45) is 0 Å². The predicted molar refractivity (Wildman–Crippen MR) is 96.0 cm³/mol. The second-order valence-electron chi connectivity index (χ2n) is 5.42. The van der Waals surface area contributed by atoms with Crippen molar-refractivity contribution in [3.05, 3.63) is 82.9 Å². The number of benzene rings is 3. The van der Waals surface area contributed by atoms with Crippen LogP contribution in [-0.4, -0.2) is 33.2 Å². The van der Waals surface area contributed by atoms with Crippen LogP contribution in [0.5, 0.6) is 0 Å². The second kappa shape index (κ2) is 7.94. The molecule has 3 aromatic carbocycles. The molecule has 0 heterocycles. The number of hydrogen-bond donors (Lipinski definition) is 3. The molecule has 3 aromatic rings. The molecule has 6 heteroatoms. The molecule has 0 saturated heterocycles. The summed E-state index contributed by atoms with van der Waals surface area (Å²) in [5.41, 5.74) is 0.695. The van der Waals surface area contributed by atoms with Gasteiger partial charge in [0.15, 0.2) is 0 Å². The van der Waals surface area contributed by atoms with Crippen LogP contribution >= 0.6 is 0 Å². The van der Waals surface area contributed by atoms with Crippen LogP contribution < -0.4 is 0 Å². The molecule has 0 aliphatic heterocycles. The number of carboxylic acid groups (broad SMARTS) is 3. The largest absolute Gasteiger partial charge is 0.478 e. The van der Waals surface area contributed by atoms with Gasteiger partial charge >= 0.3 is 17.9 Å². The first-order valence-electron chi connectivity index (χ1n) is 7.60. The van der Waals surface area contributed by atoms with Gasteiger partial charge in [0.25, 0.3) is 0 Å². The smallest absolute Gasteiger partial charge is 0.336 e. The minimum absolute atomic E-state index is 0.0277. The van der Waals surface area contributed by atoms with Crippen LogP contribution in [0.2, 0.25) is 0 Å². The standard InChI is InChI=1S/C11H8O2.C9H8O4/c12-11(13)10-7-3-5-8-4-1-2-6-9(8)10;1-5-6(8(10)11)3-2-4-7(5)9(12)13/h1-7H,(H,12,13);2-4H,1H3,(H,10,11)(H,12,13). The molecule has 3 N–H and O–H groups in total. The Balaban J connectivity index is 0.000000187. The first-order valence-corrected chi connectivity index (χ1v) is 7.60. The molecular formula is C20H16O6. The monoisotopic (exact) mass is 352 g/mol. The van der Waals surface area contributed by atoms with Gasteiger partial charge in [0.05, 0.1) is 16.7 Å². The topological polar surface area (TPSA) is 112 Å². The van der Waals surface area contributed by atoms with Gasteiger partial charge in [-0.2, -0.15) is 0 Å². The van der Waals surface area contributed by atoms with E-state index in [9.17, 15) is 14.4 Å². The van der Waals surface area contributed by atoms with E-state index in [1.165, 1.54) is 25.1 Å². The quantitative estimate of drug-likeness (QED) is 0.658. The molecule has 0 radical (unpaired) electrons. The summed E-state index contributed by atoms with van der Waals surface area (Å²) in [6.07, 6.45) is 0. The summed E-state index contributed by atoms with van der Waals surface area (Å²) >= 11 is 0. The molecule has 26 heavy (non-hydrogen) atoms. The predicted octanol–water partition coefficient (Wildman–Crippen LogP) is 3.93. The molecule has 0 unspecified atom stereocenters. The third-order valence-electron chi connectivity index (χ3n) is 3.81. The Labute approximate surface area is 149 Å². The highest BCUT2D eigenvalue weighted by Crippen LogP contribution is 2.18. The fourth-order valence-corrected chi connectivity index (χ4v) is 2.51. The summed E-state index contributed by atoms with van der Waals surface area (Å²) in [6.45, 7) is 1.48. The van der Waals surface area contributed by atoms with Crippen molar-refractivity contribution in [3.8, 4) is 0 Å². The summed E-state index contributed by atoms with van der Waals surface area (Å²) in [6, 6.07) is 16.9. The number of fused-ring (bicyclic) bond motifs is 1. The minimum atomic E-state index is -1.11. The van der Waals surface area contributed by atoms with Crippen LogP contribution in [0, 0.1) is 6.92 Å². The van der Waals surface area contributed by atoms with Gasteiger partial charge in [-0.3, -0.25) is 0 Å². The summed E-state index contributed by atoms with van der Waals surface area (Å²) in [7, 11) is 0. The molecular weight excluding hydrogens is 336 g/mol. The van der Waals surface area contributed by atoms with Gasteiger partial charge in [-0.05, 0) is 41.5 Å². The lowest BCUT2D eigenvalue weighted by molar-refractivity contribution is 0.0682. The molecule has 132 valence electrons. The average Bonchev–Trinajstić information content (AvgIpc) is 2.61. The maximum Gasteiger partial charge on any atom is 0.336 e. The van der Waals surface area contributed by atoms with Crippen molar-refractivity contribution in [1.82, 2.24) is 0 Å². The summed E-state index contributed by atoms with van der Waals surface area (Å²) in [5, 5.41) is 28.0. The van der Waals surface area contributed by atoms with E-state index in [4.69, 9.17) is 15.3 Å². The lowest BCUT2D eigenvalue weighted by Crippen LogP contribution is -2.06. The number of aromatic carboxylic acids is 3. The average molecular weight is 352 g/mol. The van der Waals surface area contributed by atoms with Crippen molar-refractivity contribution >= 4 is 28.7 Å². The van der Waals surface area contributed by atoms with Gasteiger partial charge in [-0.1, -0.05) is 42.5 Å². The van der Waals surface area contributed by atoms with E-state index in [1.54, 1.807) is 12.1 Å². The van der Waals surface area contributed by atoms with E-state index in [0.29, 0.717) is 5.56 Å². The summed E-state index contributed by atoms with van der Waals surface area (Å²) in [4.78, 5) is 32.0. The number of carboxylic acids is 3. The minimum Gasteiger partial charge on any atom is -0.478 e. The highest BCUT2D eigenvalue weighted by atomic mass is 16.4. The third kappa shape index (κ3) is 4.05. The SMILES string of the molecule is Cc1c(C(=O)O)cccc1C(=O)O.O=C(O)c1cccc2ccccc12. The molecule has 6 nitrogen and oxygen atoms in total. The molecule has 0 aromatic heterocycles.